The highest BCUT2D eigenvalue weighted by Gasteiger charge is 2.07. The van der Waals surface area contributed by atoms with E-state index in [0.29, 0.717) is 27.0 Å². The predicted octanol–water partition coefficient (Wildman–Crippen LogP) is 4.89. The number of hydrazone groups is 1. The van der Waals surface area contributed by atoms with Crippen molar-refractivity contribution < 1.29 is 18.7 Å². The smallest absolute Gasteiger partial charge is 0.271 e. The molecule has 0 heterocycles. The summed E-state index contributed by atoms with van der Waals surface area (Å²) in [6, 6.07) is 18.2. The maximum atomic E-state index is 13.7. The third kappa shape index (κ3) is 6.48. The van der Waals surface area contributed by atoms with Crippen LogP contribution >= 0.6 is 15.9 Å². The highest BCUT2D eigenvalue weighted by atomic mass is 79.9. The van der Waals surface area contributed by atoms with E-state index in [2.05, 4.69) is 31.8 Å². The molecule has 0 saturated carbocycles. The summed E-state index contributed by atoms with van der Waals surface area (Å²) in [6.45, 7) is 1.52. The van der Waals surface area contributed by atoms with E-state index < -0.39 is 0 Å². The standard InChI is InChI=1S/C23H19BrFN3O3/c1-15(29)27-19-9-7-17(8-10-19)23(30)28-26-13-16-6-11-22(20(24)12-16)31-14-18-4-2-3-5-21(18)25/h2-13H,14H2,1H3,(H,27,29)(H,28,30). The van der Waals surface area contributed by atoms with E-state index in [1.807, 2.05) is 0 Å². The van der Waals surface area contributed by atoms with Gasteiger partial charge in [0.2, 0.25) is 5.91 Å². The van der Waals surface area contributed by atoms with Gasteiger partial charge in [-0.3, -0.25) is 9.59 Å². The number of rotatable bonds is 7. The Kier molecular flexibility index (Phi) is 7.50. The van der Waals surface area contributed by atoms with Crippen molar-refractivity contribution in [3.05, 3.63) is 93.7 Å². The van der Waals surface area contributed by atoms with Crippen LogP contribution in [0.1, 0.15) is 28.4 Å². The summed E-state index contributed by atoms with van der Waals surface area (Å²) in [6.07, 6.45) is 1.50. The third-order valence-corrected chi connectivity index (χ3v) is 4.76. The predicted molar refractivity (Wildman–Crippen MR) is 121 cm³/mol. The van der Waals surface area contributed by atoms with Crippen LogP contribution < -0.4 is 15.5 Å². The lowest BCUT2D eigenvalue weighted by molar-refractivity contribution is -0.114. The number of hydrogen-bond donors (Lipinski definition) is 2. The maximum Gasteiger partial charge on any atom is 0.271 e. The highest BCUT2D eigenvalue weighted by Crippen LogP contribution is 2.26. The topological polar surface area (TPSA) is 79.8 Å². The van der Waals surface area contributed by atoms with Crippen LogP contribution in [0.15, 0.2) is 76.3 Å². The number of amides is 2. The van der Waals surface area contributed by atoms with Gasteiger partial charge in [0.05, 0.1) is 10.7 Å². The van der Waals surface area contributed by atoms with Gasteiger partial charge in [0, 0.05) is 23.7 Å². The largest absolute Gasteiger partial charge is 0.488 e. The van der Waals surface area contributed by atoms with Crippen LogP contribution in [-0.4, -0.2) is 18.0 Å². The first-order valence-electron chi connectivity index (χ1n) is 9.29. The first-order chi connectivity index (χ1) is 14.9. The molecule has 0 spiro atoms. The Balaban J connectivity index is 1.56. The zero-order valence-corrected chi connectivity index (χ0v) is 18.1. The lowest BCUT2D eigenvalue weighted by Gasteiger charge is -2.09. The molecule has 0 atom stereocenters. The number of carbonyl (C=O) groups excluding carboxylic acids is 2. The minimum atomic E-state index is -0.380. The molecule has 0 aliphatic heterocycles. The SMILES string of the molecule is CC(=O)Nc1ccc(C(=O)NN=Cc2ccc(OCc3ccccc3F)c(Br)c2)cc1. The Hall–Kier alpha value is -3.52. The van der Waals surface area contributed by atoms with Gasteiger partial charge in [0.25, 0.3) is 5.91 Å². The van der Waals surface area contributed by atoms with Crippen LogP contribution in [0.3, 0.4) is 0 Å². The van der Waals surface area contributed by atoms with E-state index in [0.717, 1.165) is 5.56 Å². The molecule has 2 amide bonds. The minimum Gasteiger partial charge on any atom is -0.488 e. The van der Waals surface area contributed by atoms with E-state index in [-0.39, 0.29) is 24.2 Å². The third-order valence-electron chi connectivity index (χ3n) is 4.14. The van der Waals surface area contributed by atoms with Crippen LogP contribution in [-0.2, 0) is 11.4 Å². The summed E-state index contributed by atoms with van der Waals surface area (Å²) < 4.78 is 20.0. The van der Waals surface area contributed by atoms with Crippen LogP contribution in [0, 0.1) is 5.82 Å². The number of anilines is 1. The van der Waals surface area contributed by atoms with Gasteiger partial charge in [0.15, 0.2) is 0 Å². The number of nitrogens with zero attached hydrogens (tertiary/aromatic N) is 1. The number of nitrogens with one attached hydrogen (secondary N) is 2. The van der Waals surface area contributed by atoms with Crippen molar-refractivity contribution in [1.82, 2.24) is 5.43 Å². The van der Waals surface area contributed by atoms with E-state index >= 15 is 0 Å². The van der Waals surface area contributed by atoms with Gasteiger partial charge in [-0.05, 0) is 70.0 Å². The van der Waals surface area contributed by atoms with Gasteiger partial charge in [0.1, 0.15) is 18.2 Å². The maximum absolute atomic E-state index is 13.7. The van der Waals surface area contributed by atoms with Gasteiger partial charge in [-0.25, -0.2) is 9.82 Å². The molecule has 31 heavy (non-hydrogen) atoms. The van der Waals surface area contributed by atoms with Crippen LogP contribution in [0.2, 0.25) is 0 Å². The quantitative estimate of drug-likeness (QED) is 0.370. The Morgan fingerprint density at radius 2 is 1.84 bits per heavy atom. The summed E-state index contributed by atoms with van der Waals surface area (Å²) in [5, 5.41) is 6.59. The van der Waals surface area contributed by atoms with Crippen molar-refractivity contribution >= 4 is 39.6 Å². The minimum absolute atomic E-state index is 0.107. The Labute approximate surface area is 187 Å². The molecule has 3 aromatic rings. The molecular weight excluding hydrogens is 465 g/mol. The van der Waals surface area contributed by atoms with Crippen molar-refractivity contribution in [2.75, 3.05) is 5.32 Å². The second kappa shape index (κ2) is 10.5. The second-order valence-electron chi connectivity index (χ2n) is 6.53. The summed E-state index contributed by atoms with van der Waals surface area (Å²) >= 11 is 3.42. The van der Waals surface area contributed by atoms with Gasteiger partial charge in [-0.2, -0.15) is 5.10 Å². The van der Waals surface area contributed by atoms with Crippen molar-refractivity contribution in [2.24, 2.45) is 5.10 Å². The molecule has 8 heteroatoms. The van der Waals surface area contributed by atoms with E-state index in [1.165, 1.54) is 19.2 Å². The van der Waals surface area contributed by atoms with Gasteiger partial charge >= 0.3 is 0 Å². The van der Waals surface area contributed by atoms with Crippen molar-refractivity contribution in [1.29, 1.82) is 0 Å². The molecule has 2 N–H and O–H groups in total. The highest BCUT2D eigenvalue weighted by molar-refractivity contribution is 9.10. The zero-order valence-electron chi connectivity index (χ0n) is 16.6. The summed E-state index contributed by atoms with van der Waals surface area (Å²) in [5.74, 6) is -0.322. The number of benzene rings is 3. The molecule has 0 aliphatic rings. The summed E-state index contributed by atoms with van der Waals surface area (Å²) in [7, 11) is 0. The summed E-state index contributed by atoms with van der Waals surface area (Å²) in [5.41, 5.74) is 4.66. The Bertz CT molecular complexity index is 1120. The summed E-state index contributed by atoms with van der Waals surface area (Å²) in [4.78, 5) is 23.2. The molecule has 0 radical (unpaired) electrons. The fourth-order valence-electron chi connectivity index (χ4n) is 2.62. The molecule has 6 nitrogen and oxygen atoms in total. The molecule has 0 fully saturated rings. The molecular formula is C23H19BrFN3O3. The van der Waals surface area contributed by atoms with Crippen LogP contribution in [0.25, 0.3) is 0 Å². The van der Waals surface area contributed by atoms with Crippen molar-refractivity contribution in [3.63, 3.8) is 0 Å². The molecule has 0 aromatic heterocycles. The molecule has 0 saturated heterocycles. The average molecular weight is 484 g/mol. The fourth-order valence-corrected chi connectivity index (χ4v) is 3.13. The Morgan fingerprint density at radius 3 is 2.52 bits per heavy atom. The average Bonchev–Trinajstić information content (AvgIpc) is 2.74. The Morgan fingerprint density at radius 1 is 1.10 bits per heavy atom. The molecule has 0 unspecified atom stereocenters. The van der Waals surface area contributed by atoms with Crippen LogP contribution in [0.4, 0.5) is 10.1 Å². The normalized spacial score (nSPS) is 10.7. The van der Waals surface area contributed by atoms with Crippen molar-refractivity contribution in [2.45, 2.75) is 13.5 Å². The lowest BCUT2D eigenvalue weighted by Crippen LogP contribution is -2.17. The van der Waals surface area contributed by atoms with Crippen molar-refractivity contribution in [3.8, 4) is 5.75 Å². The van der Waals surface area contributed by atoms with Crippen LogP contribution in [0.5, 0.6) is 5.75 Å². The second-order valence-corrected chi connectivity index (χ2v) is 7.38. The van der Waals surface area contributed by atoms with E-state index in [1.54, 1.807) is 60.7 Å². The zero-order chi connectivity index (χ0) is 22.2. The molecule has 0 bridgehead atoms. The molecule has 0 aliphatic carbocycles. The van der Waals surface area contributed by atoms with Gasteiger partial charge < -0.3 is 10.1 Å². The number of hydrogen-bond acceptors (Lipinski definition) is 4. The fraction of sp³-hybridized carbons (Fsp3) is 0.0870. The monoisotopic (exact) mass is 483 g/mol. The number of ether oxygens (including phenoxy) is 1. The first kappa shape index (κ1) is 22.2. The lowest BCUT2D eigenvalue weighted by atomic mass is 10.2. The van der Waals surface area contributed by atoms with Gasteiger partial charge in [-0.1, -0.05) is 18.2 Å². The molecule has 3 aromatic carbocycles. The van der Waals surface area contributed by atoms with E-state index in [4.69, 9.17) is 4.74 Å². The van der Waals surface area contributed by atoms with E-state index in [9.17, 15) is 14.0 Å². The molecule has 158 valence electrons. The number of halogens is 2. The molecule has 3 rings (SSSR count). The number of carbonyl (C=O) groups is 2. The van der Waals surface area contributed by atoms with Gasteiger partial charge in [-0.15, -0.1) is 0 Å². The first-order valence-corrected chi connectivity index (χ1v) is 10.1.